The Bertz CT molecular complexity index is 819. The molecule has 2 atom stereocenters. The average Bonchev–Trinajstić information content (AvgIpc) is 2.60. The van der Waals surface area contributed by atoms with Crippen LogP contribution in [-0.4, -0.2) is 49.6 Å². The van der Waals surface area contributed by atoms with Gasteiger partial charge in [0.15, 0.2) is 0 Å². The number of carbonyl (C=O) groups excluding carboxylic acids is 1. The summed E-state index contributed by atoms with van der Waals surface area (Å²) in [5.41, 5.74) is 1.03. The van der Waals surface area contributed by atoms with Crippen LogP contribution in [0.15, 0.2) is 35.5 Å². The Hall–Kier alpha value is -2.02. The predicted molar refractivity (Wildman–Crippen MR) is 101 cm³/mol. The molecule has 6 nitrogen and oxygen atoms in total. The first-order valence-electron chi connectivity index (χ1n) is 8.90. The molecule has 1 aliphatic rings. The number of ether oxygens (including phenoxy) is 1. The van der Waals surface area contributed by atoms with Crippen molar-refractivity contribution in [1.82, 2.24) is 14.9 Å². The van der Waals surface area contributed by atoms with Crippen LogP contribution in [-0.2, 0) is 15.5 Å². The molecule has 0 bridgehead atoms. The fraction of sp³-hybridized carbons (Fsp3) is 0.526. The van der Waals surface area contributed by atoms with E-state index in [4.69, 9.17) is 4.74 Å². The number of carbonyl (C=O) groups is 1. The number of para-hydroxylation sites is 2. The van der Waals surface area contributed by atoms with Gasteiger partial charge < -0.3 is 9.64 Å². The largest absolute Gasteiger partial charge is 0.444 e. The molecule has 1 saturated heterocycles. The minimum absolute atomic E-state index is 0.172. The Labute approximate surface area is 156 Å². The van der Waals surface area contributed by atoms with Gasteiger partial charge in [-0.1, -0.05) is 12.1 Å². The Kier molecular flexibility index (Phi) is 5.55. The monoisotopic (exact) mass is 375 g/mol. The van der Waals surface area contributed by atoms with Crippen molar-refractivity contribution in [2.75, 3.05) is 18.8 Å². The molecule has 1 aromatic heterocycles. The quantitative estimate of drug-likeness (QED) is 0.822. The maximum atomic E-state index is 12.7. The normalized spacial score (nSPS) is 19.3. The van der Waals surface area contributed by atoms with E-state index in [0.717, 1.165) is 23.9 Å². The van der Waals surface area contributed by atoms with Gasteiger partial charge in [-0.25, -0.2) is 9.78 Å². The van der Waals surface area contributed by atoms with E-state index in [1.54, 1.807) is 11.1 Å². The number of fused-ring (bicyclic) bond motifs is 1. The Morgan fingerprint density at radius 2 is 2.04 bits per heavy atom. The first-order valence-corrected chi connectivity index (χ1v) is 10.2. The van der Waals surface area contributed by atoms with Crippen LogP contribution >= 0.6 is 0 Å². The summed E-state index contributed by atoms with van der Waals surface area (Å²) in [6.45, 7) is 6.84. The minimum Gasteiger partial charge on any atom is -0.444 e. The molecule has 1 amide bonds. The standard InChI is InChI=1S/C19H25N3O3S/c1-19(2,3)25-18(23)22-10-6-7-14(12-22)13-26(24)17-11-20-15-8-4-5-9-16(15)21-17/h4-5,8-9,11,14H,6-7,10,12-13H2,1-3H3/t14-,26+/m1/s1. The maximum absolute atomic E-state index is 12.7. The molecule has 1 aliphatic heterocycles. The SMILES string of the molecule is CC(C)(C)OC(=O)N1CCC[C@@H](C[S@](=O)c2cnc3ccccc3n2)C1. The fourth-order valence-corrected chi connectivity index (χ4v) is 4.28. The van der Waals surface area contributed by atoms with E-state index >= 15 is 0 Å². The number of benzene rings is 1. The molecule has 1 fully saturated rings. The third kappa shape index (κ3) is 4.78. The number of rotatable bonds is 3. The Morgan fingerprint density at radius 1 is 1.31 bits per heavy atom. The van der Waals surface area contributed by atoms with Crippen LogP contribution in [0.25, 0.3) is 11.0 Å². The number of likely N-dealkylation sites (tertiary alicyclic amines) is 1. The van der Waals surface area contributed by atoms with Gasteiger partial charge >= 0.3 is 6.09 Å². The van der Waals surface area contributed by atoms with Crippen molar-refractivity contribution >= 4 is 27.9 Å². The summed E-state index contributed by atoms with van der Waals surface area (Å²) >= 11 is 0. The summed E-state index contributed by atoms with van der Waals surface area (Å²) in [6.07, 6.45) is 3.14. The van der Waals surface area contributed by atoms with Crippen LogP contribution in [0.3, 0.4) is 0 Å². The molecule has 2 aromatic rings. The molecule has 26 heavy (non-hydrogen) atoms. The van der Waals surface area contributed by atoms with Crippen molar-refractivity contribution in [3.05, 3.63) is 30.5 Å². The third-order valence-corrected chi connectivity index (χ3v) is 5.65. The van der Waals surface area contributed by atoms with Crippen LogP contribution in [0.2, 0.25) is 0 Å². The molecule has 1 aromatic carbocycles. The molecule has 2 heterocycles. The molecular weight excluding hydrogens is 350 g/mol. The number of piperidine rings is 1. The number of hydrogen-bond acceptors (Lipinski definition) is 5. The maximum Gasteiger partial charge on any atom is 0.410 e. The zero-order chi connectivity index (χ0) is 18.7. The highest BCUT2D eigenvalue weighted by atomic mass is 32.2. The molecule has 0 radical (unpaired) electrons. The first kappa shape index (κ1) is 18.8. The van der Waals surface area contributed by atoms with Gasteiger partial charge in [0.1, 0.15) is 10.6 Å². The van der Waals surface area contributed by atoms with Gasteiger partial charge in [-0.3, -0.25) is 9.19 Å². The van der Waals surface area contributed by atoms with E-state index in [1.165, 1.54) is 0 Å². The highest BCUT2D eigenvalue weighted by Crippen LogP contribution is 2.22. The second-order valence-corrected chi connectivity index (χ2v) is 9.09. The van der Waals surface area contributed by atoms with Gasteiger partial charge in [-0.05, 0) is 51.7 Å². The molecule has 140 valence electrons. The van der Waals surface area contributed by atoms with Gasteiger partial charge in [-0.15, -0.1) is 0 Å². The number of nitrogens with zero attached hydrogens (tertiary/aromatic N) is 3. The van der Waals surface area contributed by atoms with E-state index in [9.17, 15) is 9.00 Å². The summed E-state index contributed by atoms with van der Waals surface area (Å²) in [5, 5.41) is 0.498. The third-order valence-electron chi connectivity index (χ3n) is 4.22. The van der Waals surface area contributed by atoms with Crippen molar-refractivity contribution in [3.8, 4) is 0 Å². The van der Waals surface area contributed by atoms with E-state index in [0.29, 0.717) is 23.9 Å². The smallest absolute Gasteiger partial charge is 0.410 e. The van der Waals surface area contributed by atoms with E-state index in [1.807, 2.05) is 45.0 Å². The van der Waals surface area contributed by atoms with Crippen molar-refractivity contribution in [1.29, 1.82) is 0 Å². The second-order valence-electron chi connectivity index (χ2n) is 7.64. The van der Waals surface area contributed by atoms with Crippen LogP contribution < -0.4 is 0 Å². The Balaban J connectivity index is 1.63. The van der Waals surface area contributed by atoms with E-state index in [2.05, 4.69) is 9.97 Å². The number of aromatic nitrogens is 2. The minimum atomic E-state index is -1.24. The molecule has 7 heteroatoms. The lowest BCUT2D eigenvalue weighted by Gasteiger charge is -2.33. The second kappa shape index (κ2) is 7.70. The predicted octanol–water partition coefficient (Wildman–Crippen LogP) is 3.38. The topological polar surface area (TPSA) is 72.4 Å². The summed E-state index contributed by atoms with van der Waals surface area (Å²) < 4.78 is 18.2. The fourth-order valence-electron chi connectivity index (χ4n) is 3.04. The van der Waals surface area contributed by atoms with E-state index < -0.39 is 16.4 Å². The van der Waals surface area contributed by atoms with Crippen LogP contribution in [0.4, 0.5) is 4.79 Å². The molecule has 0 saturated carbocycles. The highest BCUT2D eigenvalue weighted by Gasteiger charge is 2.28. The Morgan fingerprint density at radius 3 is 2.77 bits per heavy atom. The summed E-state index contributed by atoms with van der Waals surface area (Å²) in [4.78, 5) is 22.8. The highest BCUT2D eigenvalue weighted by molar-refractivity contribution is 7.84. The zero-order valence-electron chi connectivity index (χ0n) is 15.5. The summed E-state index contributed by atoms with van der Waals surface area (Å²) in [5.74, 6) is 0.650. The molecule has 0 aliphatic carbocycles. The van der Waals surface area contributed by atoms with Crippen molar-refractivity contribution in [2.24, 2.45) is 5.92 Å². The number of hydrogen-bond donors (Lipinski definition) is 0. The average molecular weight is 375 g/mol. The van der Waals surface area contributed by atoms with Gasteiger partial charge in [0.05, 0.1) is 28.0 Å². The summed E-state index contributed by atoms with van der Waals surface area (Å²) in [6, 6.07) is 7.55. The molecule has 3 rings (SSSR count). The lowest BCUT2D eigenvalue weighted by Crippen LogP contribution is -2.44. The molecule has 0 spiro atoms. The lowest BCUT2D eigenvalue weighted by molar-refractivity contribution is 0.0176. The first-order chi connectivity index (χ1) is 12.3. The van der Waals surface area contributed by atoms with Crippen molar-refractivity contribution < 1.29 is 13.7 Å². The molecule has 0 unspecified atom stereocenters. The van der Waals surface area contributed by atoms with E-state index in [-0.39, 0.29) is 12.0 Å². The van der Waals surface area contributed by atoms with Gasteiger partial charge in [0, 0.05) is 18.8 Å². The molecular formula is C19H25N3O3S. The number of amides is 1. The van der Waals surface area contributed by atoms with Gasteiger partial charge in [0.25, 0.3) is 0 Å². The van der Waals surface area contributed by atoms with Crippen LogP contribution in [0, 0.1) is 5.92 Å². The van der Waals surface area contributed by atoms with Crippen molar-refractivity contribution in [3.63, 3.8) is 0 Å². The van der Waals surface area contributed by atoms with Crippen LogP contribution in [0.5, 0.6) is 0 Å². The van der Waals surface area contributed by atoms with Crippen LogP contribution in [0.1, 0.15) is 33.6 Å². The summed E-state index contributed by atoms with van der Waals surface area (Å²) in [7, 11) is -1.24. The zero-order valence-corrected chi connectivity index (χ0v) is 16.3. The van der Waals surface area contributed by atoms with Gasteiger partial charge in [-0.2, -0.15) is 0 Å². The van der Waals surface area contributed by atoms with Crippen molar-refractivity contribution in [2.45, 2.75) is 44.2 Å². The molecule has 0 N–H and O–H groups in total. The van der Waals surface area contributed by atoms with Gasteiger partial charge in [0.2, 0.25) is 0 Å². The lowest BCUT2D eigenvalue weighted by atomic mass is 10.0.